The molecule has 3 heterocycles. The zero-order valence-electron chi connectivity index (χ0n) is 23.9. The summed E-state index contributed by atoms with van der Waals surface area (Å²) in [6.07, 6.45) is 9.26. The van der Waals surface area contributed by atoms with Crippen LogP contribution in [0.25, 0.3) is 0 Å². The van der Waals surface area contributed by atoms with E-state index in [1.54, 1.807) is 0 Å². The van der Waals surface area contributed by atoms with Crippen LogP contribution >= 0.6 is 0 Å². The molecule has 2 aromatic rings. The van der Waals surface area contributed by atoms with Crippen molar-refractivity contribution in [3.8, 4) is 5.75 Å². The maximum Gasteiger partial charge on any atom is 0.234 e. The van der Waals surface area contributed by atoms with E-state index in [0.717, 1.165) is 70.5 Å². The van der Waals surface area contributed by atoms with Crippen molar-refractivity contribution in [2.75, 3.05) is 52.4 Å². The summed E-state index contributed by atoms with van der Waals surface area (Å²) in [5, 5.41) is 6.41. The molecule has 0 aromatic heterocycles. The number of nitrogens with zero attached hydrogens (tertiary/aromatic N) is 2. The number of amides is 2. The molecule has 3 aliphatic heterocycles. The number of aryl methyl sites for hydroxylation is 1. The summed E-state index contributed by atoms with van der Waals surface area (Å²) in [5.41, 5.74) is 2.17. The fraction of sp³-hybridized carbons (Fsp3) is 0.576. The van der Waals surface area contributed by atoms with Gasteiger partial charge < -0.3 is 15.4 Å². The van der Waals surface area contributed by atoms with Crippen LogP contribution in [-0.2, 0) is 16.0 Å². The van der Waals surface area contributed by atoms with Crippen LogP contribution in [0.3, 0.4) is 0 Å². The number of para-hydroxylation sites is 1. The molecule has 3 aliphatic rings. The Bertz CT molecular complexity index is 1090. The van der Waals surface area contributed by atoms with Gasteiger partial charge in [-0.25, -0.2) is 0 Å². The number of ether oxygens (including phenoxy) is 1. The first-order valence-corrected chi connectivity index (χ1v) is 15.4. The van der Waals surface area contributed by atoms with Crippen molar-refractivity contribution in [1.29, 1.82) is 0 Å². The summed E-state index contributed by atoms with van der Waals surface area (Å²) >= 11 is 0. The van der Waals surface area contributed by atoms with Crippen LogP contribution in [0, 0.1) is 5.41 Å². The van der Waals surface area contributed by atoms with Crippen molar-refractivity contribution in [3.63, 3.8) is 0 Å². The maximum atomic E-state index is 13.4. The average molecular weight is 547 g/mol. The van der Waals surface area contributed by atoms with E-state index in [4.69, 9.17) is 4.74 Å². The van der Waals surface area contributed by atoms with Crippen LogP contribution < -0.4 is 15.4 Å². The highest BCUT2D eigenvalue weighted by molar-refractivity contribution is 5.83. The van der Waals surface area contributed by atoms with E-state index < -0.39 is 0 Å². The molecule has 0 bridgehead atoms. The van der Waals surface area contributed by atoms with E-state index in [9.17, 15) is 9.59 Å². The minimum atomic E-state index is -0.349. The lowest BCUT2D eigenvalue weighted by Gasteiger charge is -2.41. The number of likely N-dealkylation sites (tertiary alicyclic amines) is 2. The standard InChI is InChI=1S/C33H46N4O3/c38-31(35-25-29(27-11-3-1-4-12-27)37-20-9-2-10-21-37)26-36-22-17-33(18-23-36)16-8-7-14-28-13-5-6-15-30(28)40-24-19-34-32(33)39/h1,3-6,11-13,15,29H,2,7-10,14,16-26H2,(H,34,39)(H,35,38). The third kappa shape index (κ3) is 7.43. The Morgan fingerprint density at radius 3 is 2.45 bits per heavy atom. The first-order chi connectivity index (χ1) is 19.6. The Morgan fingerprint density at radius 2 is 1.65 bits per heavy atom. The number of nitrogens with one attached hydrogen (secondary N) is 2. The van der Waals surface area contributed by atoms with Gasteiger partial charge in [-0.2, -0.15) is 0 Å². The number of benzene rings is 2. The van der Waals surface area contributed by atoms with Gasteiger partial charge in [-0.1, -0.05) is 61.4 Å². The highest BCUT2D eigenvalue weighted by Gasteiger charge is 2.41. The number of carbonyl (C=O) groups is 2. The van der Waals surface area contributed by atoms with Crippen molar-refractivity contribution in [2.45, 2.75) is 63.8 Å². The van der Waals surface area contributed by atoms with Gasteiger partial charge in [0.15, 0.2) is 0 Å². The number of fused-ring (bicyclic) bond motifs is 1. The molecule has 216 valence electrons. The molecule has 2 fully saturated rings. The minimum absolute atomic E-state index is 0.0767. The monoisotopic (exact) mass is 546 g/mol. The predicted molar refractivity (Wildman–Crippen MR) is 158 cm³/mol. The third-order valence-corrected chi connectivity index (χ3v) is 9.14. The Hall–Kier alpha value is -2.90. The van der Waals surface area contributed by atoms with Gasteiger partial charge in [0.25, 0.3) is 0 Å². The molecule has 40 heavy (non-hydrogen) atoms. The van der Waals surface area contributed by atoms with E-state index in [1.807, 2.05) is 18.2 Å². The van der Waals surface area contributed by atoms with Gasteiger partial charge in [0.1, 0.15) is 12.4 Å². The molecule has 0 radical (unpaired) electrons. The number of rotatable bonds is 6. The van der Waals surface area contributed by atoms with Crippen molar-refractivity contribution in [1.82, 2.24) is 20.4 Å². The van der Waals surface area contributed by atoms with Gasteiger partial charge in [-0.15, -0.1) is 0 Å². The van der Waals surface area contributed by atoms with E-state index in [1.165, 1.54) is 30.4 Å². The molecule has 7 nitrogen and oxygen atoms in total. The zero-order valence-corrected chi connectivity index (χ0v) is 23.9. The van der Waals surface area contributed by atoms with Crippen LogP contribution in [0.5, 0.6) is 5.75 Å². The lowest BCUT2D eigenvalue weighted by Crippen LogP contribution is -2.51. The van der Waals surface area contributed by atoms with E-state index >= 15 is 0 Å². The first kappa shape index (κ1) is 28.6. The quantitative estimate of drug-likeness (QED) is 0.564. The summed E-state index contributed by atoms with van der Waals surface area (Å²) in [6, 6.07) is 19.0. The van der Waals surface area contributed by atoms with Crippen molar-refractivity contribution in [2.24, 2.45) is 5.41 Å². The van der Waals surface area contributed by atoms with Crippen molar-refractivity contribution < 1.29 is 14.3 Å². The van der Waals surface area contributed by atoms with Gasteiger partial charge in [0, 0.05) is 6.54 Å². The molecule has 0 saturated carbocycles. The van der Waals surface area contributed by atoms with E-state index in [0.29, 0.717) is 26.2 Å². The van der Waals surface area contributed by atoms with Crippen LogP contribution in [-0.4, -0.2) is 74.0 Å². The molecule has 1 spiro atoms. The van der Waals surface area contributed by atoms with Gasteiger partial charge in [0.05, 0.1) is 24.5 Å². The van der Waals surface area contributed by atoms with Gasteiger partial charge >= 0.3 is 0 Å². The smallest absolute Gasteiger partial charge is 0.234 e. The summed E-state index contributed by atoms with van der Waals surface area (Å²) in [7, 11) is 0. The Kier molecular flexibility index (Phi) is 10.1. The largest absolute Gasteiger partial charge is 0.491 e. The van der Waals surface area contributed by atoms with Crippen LogP contribution in [0.2, 0.25) is 0 Å². The lowest BCUT2D eigenvalue weighted by atomic mass is 9.73. The fourth-order valence-corrected chi connectivity index (χ4v) is 6.71. The van der Waals surface area contributed by atoms with Gasteiger partial charge in [0.2, 0.25) is 11.8 Å². The normalized spacial score (nSPS) is 21.6. The molecule has 2 saturated heterocycles. The molecule has 5 rings (SSSR count). The summed E-state index contributed by atoms with van der Waals surface area (Å²) < 4.78 is 5.98. The Labute approximate surface area is 239 Å². The molecule has 0 aliphatic carbocycles. The second kappa shape index (κ2) is 14.1. The molecule has 2 N–H and O–H groups in total. The second-order valence-corrected chi connectivity index (χ2v) is 11.8. The number of hydrogen-bond acceptors (Lipinski definition) is 5. The minimum Gasteiger partial charge on any atom is -0.491 e. The zero-order chi connectivity index (χ0) is 27.6. The number of hydrogen-bond donors (Lipinski definition) is 2. The maximum absolute atomic E-state index is 13.4. The molecule has 7 heteroatoms. The highest BCUT2D eigenvalue weighted by Crippen LogP contribution is 2.37. The SMILES string of the molecule is O=C(CN1CCC2(CCCCc3ccccc3OCCNC2=O)CC1)NCC(c1ccccc1)N1CCCCC1. The Balaban J connectivity index is 1.13. The topological polar surface area (TPSA) is 73.9 Å². The molecule has 2 amide bonds. The van der Waals surface area contributed by atoms with Gasteiger partial charge in [-0.3, -0.25) is 19.4 Å². The van der Waals surface area contributed by atoms with Crippen LogP contribution in [0.4, 0.5) is 0 Å². The molecule has 2 aromatic carbocycles. The molecular formula is C33H46N4O3. The van der Waals surface area contributed by atoms with Crippen molar-refractivity contribution >= 4 is 11.8 Å². The first-order valence-electron chi connectivity index (χ1n) is 15.4. The molecule has 1 unspecified atom stereocenters. The van der Waals surface area contributed by atoms with E-state index in [-0.39, 0.29) is 23.3 Å². The van der Waals surface area contributed by atoms with Crippen LogP contribution in [0.15, 0.2) is 54.6 Å². The lowest BCUT2D eigenvalue weighted by molar-refractivity contribution is -0.135. The van der Waals surface area contributed by atoms with Crippen LogP contribution in [0.1, 0.15) is 68.5 Å². The summed E-state index contributed by atoms with van der Waals surface area (Å²) in [6.45, 7) is 5.74. The van der Waals surface area contributed by atoms with Gasteiger partial charge in [-0.05, 0) is 88.3 Å². The van der Waals surface area contributed by atoms with Crippen molar-refractivity contribution in [3.05, 3.63) is 65.7 Å². The summed E-state index contributed by atoms with van der Waals surface area (Å²) in [5.74, 6) is 1.17. The third-order valence-electron chi connectivity index (χ3n) is 9.14. The molecule has 1 atom stereocenters. The highest BCUT2D eigenvalue weighted by atomic mass is 16.5. The Morgan fingerprint density at radius 1 is 0.900 bits per heavy atom. The summed E-state index contributed by atoms with van der Waals surface area (Å²) in [4.78, 5) is 31.2. The fourth-order valence-electron chi connectivity index (χ4n) is 6.71. The average Bonchev–Trinajstić information content (AvgIpc) is 2.99. The molecular weight excluding hydrogens is 500 g/mol. The number of carbonyl (C=O) groups excluding carboxylic acids is 2. The van der Waals surface area contributed by atoms with E-state index in [2.05, 4.69) is 56.8 Å². The second-order valence-electron chi connectivity index (χ2n) is 11.8. The number of piperidine rings is 2. The predicted octanol–water partition coefficient (Wildman–Crippen LogP) is 4.33.